The molecule has 1 unspecified atom stereocenters. The second-order valence-corrected chi connectivity index (χ2v) is 10.1. The number of nitrogens with one attached hydrogen (secondary N) is 3. The smallest absolute Gasteiger partial charge is 0.352 e. The summed E-state index contributed by atoms with van der Waals surface area (Å²) in [4.78, 5) is 62.3. The van der Waals surface area contributed by atoms with Gasteiger partial charge in [-0.05, 0) is 25.0 Å². The predicted octanol–water partition coefficient (Wildman–Crippen LogP) is 1.16. The number of rotatable bonds is 11. The maximum absolute atomic E-state index is 12.8. The van der Waals surface area contributed by atoms with Crippen LogP contribution in [0, 0.1) is 0 Å². The molecule has 1 fully saturated rings. The number of aliphatic carboxylic acids is 2. The second kappa shape index (κ2) is 12.4. The minimum absolute atomic E-state index is 0.000290. The van der Waals surface area contributed by atoms with Crippen LogP contribution in [-0.2, 0) is 25.7 Å². The van der Waals surface area contributed by atoms with E-state index in [0.29, 0.717) is 23.6 Å². The van der Waals surface area contributed by atoms with E-state index in [1.807, 2.05) is 35.2 Å². The van der Waals surface area contributed by atoms with Crippen LogP contribution in [0.1, 0.15) is 19.3 Å². The molecule has 0 bridgehead atoms. The van der Waals surface area contributed by atoms with Crippen molar-refractivity contribution in [2.75, 3.05) is 11.1 Å². The third-order valence-electron chi connectivity index (χ3n) is 6.25. The topological polar surface area (TPSA) is 169 Å². The molecule has 2 aromatic rings. The molecule has 3 atom stereocenters. The van der Waals surface area contributed by atoms with Crippen molar-refractivity contribution < 1.29 is 38.8 Å². The van der Waals surface area contributed by atoms with E-state index in [-0.39, 0.29) is 25.0 Å². The monoisotopic (exact) mass is 554 g/mol. The average Bonchev–Trinajstić information content (AvgIpc) is 2.91. The van der Waals surface area contributed by atoms with Gasteiger partial charge in [0.15, 0.2) is 18.9 Å². The maximum atomic E-state index is 12.8. The van der Waals surface area contributed by atoms with Crippen LogP contribution in [0.25, 0.3) is 0 Å². The number of carbonyl (C=O) groups excluding carboxylic acids is 3. The molecule has 204 valence electrons. The van der Waals surface area contributed by atoms with Gasteiger partial charge in [-0.3, -0.25) is 14.5 Å². The number of carbonyl (C=O) groups is 5. The van der Waals surface area contributed by atoms with Crippen molar-refractivity contribution in [3.05, 3.63) is 72.2 Å². The molecule has 1 aromatic heterocycles. The molecular weight excluding hydrogens is 526 g/mol. The summed E-state index contributed by atoms with van der Waals surface area (Å²) in [5.74, 6) is -3.01. The van der Waals surface area contributed by atoms with Crippen LogP contribution in [0.4, 0.5) is 10.5 Å². The van der Waals surface area contributed by atoms with Gasteiger partial charge in [0.2, 0.25) is 5.91 Å². The third kappa shape index (κ3) is 6.74. The van der Waals surface area contributed by atoms with Crippen LogP contribution >= 0.6 is 11.8 Å². The molecule has 0 spiro atoms. The van der Waals surface area contributed by atoms with Gasteiger partial charge in [0.25, 0.3) is 5.91 Å². The van der Waals surface area contributed by atoms with Crippen molar-refractivity contribution in [2.45, 2.75) is 43.3 Å². The number of thioether (sulfide) groups is 1. The summed E-state index contributed by atoms with van der Waals surface area (Å²) < 4.78 is 1.83. The first-order valence-corrected chi connectivity index (χ1v) is 13.3. The molecule has 3 heterocycles. The number of pyridine rings is 1. The number of anilines is 1. The van der Waals surface area contributed by atoms with Crippen LogP contribution in [-0.4, -0.2) is 68.1 Å². The van der Waals surface area contributed by atoms with Crippen LogP contribution in [0.15, 0.2) is 72.2 Å². The molecule has 5 N–H and O–H groups in total. The number of urea groups is 1. The fourth-order valence-corrected chi connectivity index (χ4v) is 5.72. The number of carboxylic acid groups (broad SMARTS) is 2. The quantitative estimate of drug-likeness (QED) is 0.204. The van der Waals surface area contributed by atoms with Gasteiger partial charge in [0, 0.05) is 35.6 Å². The first-order valence-electron chi connectivity index (χ1n) is 12.2. The van der Waals surface area contributed by atoms with E-state index in [2.05, 4.69) is 16.0 Å². The summed E-state index contributed by atoms with van der Waals surface area (Å²) >= 11 is 1.38. The van der Waals surface area contributed by atoms with E-state index in [1.165, 1.54) is 16.7 Å². The highest BCUT2D eigenvalue weighted by molar-refractivity contribution is 8.00. The molecule has 4 amide bonds. The van der Waals surface area contributed by atoms with E-state index in [9.17, 15) is 34.2 Å². The highest BCUT2D eigenvalue weighted by Crippen LogP contribution is 2.40. The molecule has 0 saturated carbocycles. The molecule has 13 heteroatoms. The highest BCUT2D eigenvalue weighted by Gasteiger charge is 2.54. The Balaban J connectivity index is 1.28. The Kier molecular flexibility index (Phi) is 8.81. The lowest BCUT2D eigenvalue weighted by Crippen LogP contribution is -2.70. The van der Waals surface area contributed by atoms with Crippen molar-refractivity contribution >= 4 is 47.2 Å². The van der Waals surface area contributed by atoms with Crippen molar-refractivity contribution in [1.29, 1.82) is 0 Å². The van der Waals surface area contributed by atoms with Gasteiger partial charge in [-0.25, -0.2) is 19.0 Å². The zero-order valence-corrected chi connectivity index (χ0v) is 21.6. The number of fused-ring (bicyclic) bond motifs is 1. The molecule has 2 aliphatic rings. The number of aromatic nitrogens is 1. The number of hydrogen-bond acceptors (Lipinski definition) is 6. The van der Waals surface area contributed by atoms with E-state index in [1.54, 1.807) is 30.3 Å². The molecular formula is C26H28N5O7S+. The number of benzene rings is 1. The van der Waals surface area contributed by atoms with Crippen LogP contribution in [0.5, 0.6) is 0 Å². The number of nitrogens with zero attached hydrogens (tertiary/aromatic N) is 2. The Morgan fingerprint density at radius 2 is 1.74 bits per heavy atom. The molecule has 0 aliphatic carbocycles. The van der Waals surface area contributed by atoms with Crippen LogP contribution < -0.4 is 20.5 Å². The normalized spacial score (nSPS) is 18.9. The summed E-state index contributed by atoms with van der Waals surface area (Å²) in [5, 5.41) is 26.3. The van der Waals surface area contributed by atoms with Crippen molar-refractivity contribution in [1.82, 2.24) is 15.5 Å². The number of hydrogen-bond donors (Lipinski definition) is 5. The molecule has 1 saturated heterocycles. The zero-order chi connectivity index (χ0) is 27.9. The van der Waals surface area contributed by atoms with Gasteiger partial charge < -0.3 is 26.2 Å². The number of amides is 4. The lowest BCUT2D eigenvalue weighted by atomic mass is 10.0. The Morgan fingerprint density at radius 3 is 2.41 bits per heavy atom. The average molecular weight is 555 g/mol. The minimum Gasteiger partial charge on any atom is -0.480 e. The maximum Gasteiger partial charge on any atom is 0.352 e. The van der Waals surface area contributed by atoms with Crippen LogP contribution in [0.2, 0.25) is 0 Å². The summed E-state index contributed by atoms with van der Waals surface area (Å²) in [5.41, 5.74) is 1.04. The fourth-order valence-electron chi connectivity index (χ4n) is 4.38. The molecule has 4 rings (SSSR count). The Morgan fingerprint density at radius 1 is 1.05 bits per heavy atom. The largest absolute Gasteiger partial charge is 0.480 e. The van der Waals surface area contributed by atoms with E-state index < -0.39 is 47.2 Å². The number of para-hydroxylation sites is 1. The Labute approximate surface area is 228 Å². The fraction of sp³-hybridized carbons (Fsp3) is 0.308. The van der Waals surface area contributed by atoms with Crippen molar-refractivity contribution in [3.63, 3.8) is 0 Å². The lowest BCUT2D eigenvalue weighted by Gasteiger charge is -2.49. The van der Waals surface area contributed by atoms with Crippen molar-refractivity contribution in [2.24, 2.45) is 0 Å². The number of β-lactam (4-membered cyclic amide) rings is 1. The summed E-state index contributed by atoms with van der Waals surface area (Å²) in [6, 6.07) is 11.3. The summed E-state index contributed by atoms with van der Waals surface area (Å²) in [6.45, 7) is 0.325. The molecule has 39 heavy (non-hydrogen) atoms. The molecule has 2 aliphatic heterocycles. The van der Waals surface area contributed by atoms with Gasteiger partial charge in [-0.1, -0.05) is 24.3 Å². The van der Waals surface area contributed by atoms with E-state index in [4.69, 9.17) is 0 Å². The van der Waals surface area contributed by atoms with Gasteiger partial charge in [0.05, 0.1) is 0 Å². The van der Waals surface area contributed by atoms with E-state index in [0.717, 1.165) is 0 Å². The van der Waals surface area contributed by atoms with Crippen molar-refractivity contribution in [3.8, 4) is 0 Å². The Bertz CT molecular complexity index is 1290. The molecule has 0 radical (unpaired) electrons. The standard InChI is InChI=1S/C26H27N5O7S/c32-19(11-7-10-18(24(34)35)28-26(38)27-17-8-3-1-4-9-17)29-20-22(33)31-21(25(36)37)16(15-39-23(20)31)14-30-12-5-2-6-13-30/h1-6,8-9,12-13,18,20,23H,7,10-11,14-15H2,(H4-,27,28,29,32,34,35,36,37,38)/p+1/t18-,20?,23-/m1/s1. The van der Waals surface area contributed by atoms with Gasteiger partial charge in [-0.2, -0.15) is 0 Å². The van der Waals surface area contributed by atoms with Crippen LogP contribution in [0.3, 0.4) is 0 Å². The predicted molar refractivity (Wildman–Crippen MR) is 140 cm³/mol. The molecule has 12 nitrogen and oxygen atoms in total. The Hall–Kier alpha value is -4.39. The SMILES string of the molecule is O=C(CCC[C@@H](NC(=O)Nc1ccccc1)C(=O)O)NC1C(=O)N2C(C(=O)O)=C(C[n+]3ccccc3)CS[C@H]12. The highest BCUT2D eigenvalue weighted by atomic mass is 32.2. The minimum atomic E-state index is -1.24. The third-order valence-corrected chi connectivity index (χ3v) is 7.59. The summed E-state index contributed by atoms with van der Waals surface area (Å²) in [6.07, 6.45) is 3.70. The van der Waals surface area contributed by atoms with E-state index >= 15 is 0 Å². The number of carboxylic acids is 2. The van der Waals surface area contributed by atoms with Gasteiger partial charge in [0.1, 0.15) is 23.2 Å². The first-order chi connectivity index (χ1) is 18.7. The zero-order valence-electron chi connectivity index (χ0n) is 20.8. The lowest BCUT2D eigenvalue weighted by molar-refractivity contribution is -0.689. The molecule has 1 aromatic carbocycles. The summed E-state index contributed by atoms with van der Waals surface area (Å²) in [7, 11) is 0. The first kappa shape index (κ1) is 27.6. The van der Waals surface area contributed by atoms with Gasteiger partial charge in [-0.15, -0.1) is 11.8 Å². The second-order valence-electron chi connectivity index (χ2n) is 9.01. The van der Waals surface area contributed by atoms with Gasteiger partial charge >= 0.3 is 18.0 Å².